The van der Waals surface area contributed by atoms with Crippen LogP contribution in [0, 0.1) is 24.0 Å². The monoisotopic (exact) mass is 286 g/mol. The smallest absolute Gasteiger partial charge is 0.416 e. The molecule has 0 saturated heterocycles. The fraction of sp³-hybridized carbons (Fsp3) is 0.133. The van der Waals surface area contributed by atoms with E-state index in [1.54, 1.807) is 12.1 Å². The van der Waals surface area contributed by atoms with Crippen LogP contribution >= 0.6 is 0 Å². The molecule has 0 heterocycles. The Hall–Kier alpha value is -2.89. The molecule has 0 aliphatic rings. The van der Waals surface area contributed by atoms with E-state index in [9.17, 15) is 20.0 Å². The third-order valence-electron chi connectivity index (χ3n) is 3.26. The third kappa shape index (κ3) is 3.00. The van der Waals surface area contributed by atoms with E-state index < -0.39 is 11.0 Å². The molecule has 0 radical (unpaired) electrons. The van der Waals surface area contributed by atoms with Crippen LogP contribution in [0.4, 0.5) is 21.9 Å². The molecule has 2 aromatic rings. The zero-order valence-corrected chi connectivity index (χ0v) is 11.6. The number of rotatable bonds is 3. The normalized spacial score (nSPS) is 10.2. The number of carboxylic acid groups (broad SMARTS) is 1. The van der Waals surface area contributed by atoms with Gasteiger partial charge >= 0.3 is 6.09 Å². The van der Waals surface area contributed by atoms with Gasteiger partial charge in [-0.2, -0.15) is 0 Å². The van der Waals surface area contributed by atoms with E-state index in [1.807, 2.05) is 19.9 Å². The first-order valence-electron chi connectivity index (χ1n) is 6.25. The summed E-state index contributed by atoms with van der Waals surface area (Å²) in [6.07, 6.45) is -1.15. The quantitative estimate of drug-likeness (QED) is 0.682. The maximum atomic E-state index is 11.5. The maximum Gasteiger partial charge on any atom is 0.416 e. The van der Waals surface area contributed by atoms with Crippen molar-refractivity contribution in [3.8, 4) is 0 Å². The zero-order valence-electron chi connectivity index (χ0n) is 11.6. The number of aryl methyl sites for hydroxylation is 2. The highest BCUT2D eigenvalue weighted by molar-refractivity contribution is 5.95. The molecule has 2 rings (SSSR count). The van der Waals surface area contributed by atoms with Crippen molar-refractivity contribution in [1.82, 2.24) is 0 Å². The fourth-order valence-electron chi connectivity index (χ4n) is 1.96. The molecule has 2 aromatic carbocycles. The number of nitrogens with zero attached hydrogens (tertiary/aromatic N) is 2. The van der Waals surface area contributed by atoms with E-state index in [4.69, 9.17) is 0 Å². The Labute approximate surface area is 121 Å². The summed E-state index contributed by atoms with van der Waals surface area (Å²) in [6.45, 7) is 3.84. The second kappa shape index (κ2) is 5.62. The first-order valence-corrected chi connectivity index (χ1v) is 6.25. The topological polar surface area (TPSA) is 83.7 Å². The number of amides is 1. The Balaban J connectivity index is 2.45. The molecular weight excluding hydrogens is 272 g/mol. The summed E-state index contributed by atoms with van der Waals surface area (Å²) in [5.41, 5.74) is 2.81. The molecule has 108 valence electrons. The molecule has 0 bridgehead atoms. The molecule has 21 heavy (non-hydrogen) atoms. The molecule has 1 amide bonds. The third-order valence-corrected chi connectivity index (χ3v) is 3.26. The van der Waals surface area contributed by atoms with Crippen LogP contribution in [0.3, 0.4) is 0 Å². The Morgan fingerprint density at radius 1 is 1.05 bits per heavy atom. The molecule has 0 aliphatic carbocycles. The van der Waals surface area contributed by atoms with Crippen LogP contribution in [0.25, 0.3) is 0 Å². The SMILES string of the molecule is Cc1ccc(N(C(=O)O)c2ccc([N+](=O)[O-])cc2)cc1C. The predicted octanol–water partition coefficient (Wildman–Crippen LogP) is 4.03. The molecule has 0 unspecified atom stereocenters. The number of carbonyl (C=O) groups is 1. The summed E-state index contributed by atoms with van der Waals surface area (Å²) < 4.78 is 0. The number of anilines is 2. The van der Waals surface area contributed by atoms with Crippen molar-refractivity contribution in [2.24, 2.45) is 0 Å². The lowest BCUT2D eigenvalue weighted by Gasteiger charge is -2.20. The number of nitro groups is 1. The summed E-state index contributed by atoms with van der Waals surface area (Å²) in [4.78, 5) is 22.7. The van der Waals surface area contributed by atoms with Gasteiger partial charge in [0, 0.05) is 12.1 Å². The van der Waals surface area contributed by atoms with Gasteiger partial charge in [0.05, 0.1) is 16.3 Å². The van der Waals surface area contributed by atoms with Crippen molar-refractivity contribution in [3.63, 3.8) is 0 Å². The van der Waals surface area contributed by atoms with Gasteiger partial charge in [0.1, 0.15) is 0 Å². The van der Waals surface area contributed by atoms with Gasteiger partial charge in [-0.25, -0.2) is 9.69 Å². The minimum absolute atomic E-state index is 0.0795. The number of non-ortho nitro benzene ring substituents is 1. The summed E-state index contributed by atoms with van der Waals surface area (Å²) in [7, 11) is 0. The average molecular weight is 286 g/mol. The largest absolute Gasteiger partial charge is 0.464 e. The van der Waals surface area contributed by atoms with Crippen LogP contribution in [0.5, 0.6) is 0 Å². The van der Waals surface area contributed by atoms with Crippen molar-refractivity contribution >= 4 is 23.2 Å². The van der Waals surface area contributed by atoms with Gasteiger partial charge in [-0.3, -0.25) is 10.1 Å². The molecule has 6 heteroatoms. The molecule has 0 saturated carbocycles. The summed E-state index contributed by atoms with van der Waals surface area (Å²) in [6, 6.07) is 10.7. The molecule has 1 N–H and O–H groups in total. The fourth-order valence-corrected chi connectivity index (χ4v) is 1.96. The highest BCUT2D eigenvalue weighted by Crippen LogP contribution is 2.28. The molecule has 0 atom stereocenters. The van der Waals surface area contributed by atoms with E-state index in [1.165, 1.54) is 24.3 Å². The van der Waals surface area contributed by atoms with Crippen molar-refractivity contribution < 1.29 is 14.8 Å². The first kappa shape index (κ1) is 14.5. The van der Waals surface area contributed by atoms with Crippen molar-refractivity contribution in [2.45, 2.75) is 13.8 Å². The van der Waals surface area contributed by atoms with Crippen LogP contribution in [0.15, 0.2) is 42.5 Å². The molecular formula is C15H14N2O4. The maximum absolute atomic E-state index is 11.5. The van der Waals surface area contributed by atoms with E-state index in [0.29, 0.717) is 11.4 Å². The average Bonchev–Trinajstić information content (AvgIpc) is 2.43. The first-order chi connectivity index (χ1) is 9.90. The Morgan fingerprint density at radius 3 is 2.10 bits per heavy atom. The van der Waals surface area contributed by atoms with Crippen LogP contribution in [-0.4, -0.2) is 16.1 Å². The number of hydrogen-bond donors (Lipinski definition) is 1. The predicted molar refractivity (Wildman–Crippen MR) is 79.2 cm³/mol. The molecule has 6 nitrogen and oxygen atoms in total. The molecule has 0 aliphatic heterocycles. The van der Waals surface area contributed by atoms with Gasteiger partial charge in [0.2, 0.25) is 0 Å². The number of benzene rings is 2. The van der Waals surface area contributed by atoms with Gasteiger partial charge in [0.25, 0.3) is 5.69 Å². The Morgan fingerprint density at radius 2 is 1.62 bits per heavy atom. The van der Waals surface area contributed by atoms with E-state index in [-0.39, 0.29) is 5.69 Å². The zero-order chi connectivity index (χ0) is 15.6. The van der Waals surface area contributed by atoms with Crippen LogP contribution < -0.4 is 4.90 Å². The summed E-state index contributed by atoms with van der Waals surface area (Å²) in [5, 5.41) is 20.1. The Kier molecular flexibility index (Phi) is 3.89. The highest BCUT2D eigenvalue weighted by Gasteiger charge is 2.18. The Bertz CT molecular complexity index is 695. The minimum Gasteiger partial charge on any atom is -0.464 e. The van der Waals surface area contributed by atoms with Gasteiger partial charge < -0.3 is 5.11 Å². The van der Waals surface area contributed by atoms with Gasteiger partial charge in [-0.1, -0.05) is 6.07 Å². The molecule has 0 spiro atoms. The van der Waals surface area contributed by atoms with E-state index >= 15 is 0 Å². The van der Waals surface area contributed by atoms with E-state index in [0.717, 1.165) is 16.0 Å². The lowest BCUT2D eigenvalue weighted by molar-refractivity contribution is -0.384. The van der Waals surface area contributed by atoms with Gasteiger partial charge in [-0.15, -0.1) is 0 Å². The second-order valence-corrected chi connectivity index (χ2v) is 4.66. The number of nitro benzene ring substituents is 1. The second-order valence-electron chi connectivity index (χ2n) is 4.66. The standard InChI is InChI=1S/C15H14N2O4/c1-10-3-4-14(9-11(10)2)16(15(18)19)12-5-7-13(8-6-12)17(20)21/h3-9H,1-2H3,(H,18,19). The van der Waals surface area contributed by atoms with E-state index in [2.05, 4.69) is 0 Å². The van der Waals surface area contributed by atoms with Crippen molar-refractivity contribution in [3.05, 3.63) is 63.7 Å². The number of hydrogen-bond acceptors (Lipinski definition) is 3. The molecule has 0 aromatic heterocycles. The van der Waals surface area contributed by atoms with Crippen LogP contribution in [-0.2, 0) is 0 Å². The molecule has 0 fully saturated rings. The van der Waals surface area contributed by atoms with Gasteiger partial charge in [-0.05, 0) is 49.2 Å². The van der Waals surface area contributed by atoms with Crippen LogP contribution in [0.2, 0.25) is 0 Å². The minimum atomic E-state index is -1.15. The lowest BCUT2D eigenvalue weighted by atomic mass is 10.1. The van der Waals surface area contributed by atoms with Gasteiger partial charge in [0.15, 0.2) is 0 Å². The summed E-state index contributed by atoms with van der Waals surface area (Å²) >= 11 is 0. The summed E-state index contributed by atoms with van der Waals surface area (Å²) in [5.74, 6) is 0. The highest BCUT2D eigenvalue weighted by atomic mass is 16.6. The van der Waals surface area contributed by atoms with Crippen molar-refractivity contribution in [1.29, 1.82) is 0 Å². The van der Waals surface area contributed by atoms with Crippen molar-refractivity contribution in [2.75, 3.05) is 4.90 Å². The van der Waals surface area contributed by atoms with Crippen LogP contribution in [0.1, 0.15) is 11.1 Å². The lowest BCUT2D eigenvalue weighted by Crippen LogP contribution is -2.23.